The number of piperidine rings is 1. The third-order valence-corrected chi connectivity index (χ3v) is 8.26. The fraction of sp³-hybridized carbons (Fsp3) is 0.481. The van der Waals surface area contributed by atoms with Gasteiger partial charge in [0.1, 0.15) is 5.69 Å². The van der Waals surface area contributed by atoms with Gasteiger partial charge in [-0.2, -0.15) is 13.2 Å². The number of halogens is 3. The van der Waals surface area contributed by atoms with Crippen LogP contribution in [0.5, 0.6) is 0 Å². The SMILES string of the molecule is C[C@@H]1CC[C@@H]2C(=O)N(c3ccc(N4CCC(O)(c5cccc(C(F)(F)F)c5)CC4)c([N+](=O)[O-])c3)C(=O)[C@@H]2C1. The molecule has 3 atom stereocenters. The van der Waals surface area contributed by atoms with E-state index in [0.717, 1.165) is 23.5 Å². The number of carbonyl (C=O) groups excluding carboxylic acids is 2. The summed E-state index contributed by atoms with van der Waals surface area (Å²) >= 11 is 0. The van der Waals surface area contributed by atoms with E-state index in [2.05, 4.69) is 0 Å². The Morgan fingerprint density at radius 3 is 2.37 bits per heavy atom. The molecule has 2 saturated heterocycles. The molecule has 0 aromatic heterocycles. The molecule has 2 heterocycles. The van der Waals surface area contributed by atoms with Crippen molar-refractivity contribution in [3.63, 3.8) is 0 Å². The summed E-state index contributed by atoms with van der Waals surface area (Å²) in [6.45, 7) is 2.37. The zero-order chi connectivity index (χ0) is 27.4. The predicted molar refractivity (Wildman–Crippen MR) is 132 cm³/mol. The Bertz CT molecular complexity index is 1290. The van der Waals surface area contributed by atoms with E-state index >= 15 is 0 Å². The van der Waals surface area contributed by atoms with E-state index in [-0.39, 0.29) is 60.4 Å². The van der Waals surface area contributed by atoms with Crippen LogP contribution in [0.15, 0.2) is 42.5 Å². The third-order valence-electron chi connectivity index (χ3n) is 8.26. The molecule has 0 unspecified atom stereocenters. The molecule has 3 fully saturated rings. The Morgan fingerprint density at radius 1 is 1.03 bits per heavy atom. The summed E-state index contributed by atoms with van der Waals surface area (Å²) in [5, 5.41) is 23.1. The number of nitro benzene ring substituents is 1. The second-order valence-corrected chi connectivity index (χ2v) is 10.7. The molecule has 2 aliphatic heterocycles. The summed E-state index contributed by atoms with van der Waals surface area (Å²) in [4.78, 5) is 40.3. The van der Waals surface area contributed by atoms with Gasteiger partial charge in [0.25, 0.3) is 5.69 Å². The monoisotopic (exact) mass is 531 g/mol. The molecule has 38 heavy (non-hydrogen) atoms. The van der Waals surface area contributed by atoms with Crippen molar-refractivity contribution in [1.82, 2.24) is 0 Å². The van der Waals surface area contributed by atoms with Gasteiger partial charge in [0.05, 0.1) is 33.6 Å². The van der Waals surface area contributed by atoms with Crippen molar-refractivity contribution in [3.8, 4) is 0 Å². The number of amides is 2. The van der Waals surface area contributed by atoms with Crippen LogP contribution < -0.4 is 9.80 Å². The number of carbonyl (C=O) groups is 2. The summed E-state index contributed by atoms with van der Waals surface area (Å²) in [6, 6.07) is 8.83. The Morgan fingerprint density at radius 2 is 1.71 bits per heavy atom. The summed E-state index contributed by atoms with van der Waals surface area (Å²) < 4.78 is 39.5. The van der Waals surface area contributed by atoms with Gasteiger partial charge in [-0.05, 0) is 67.9 Å². The largest absolute Gasteiger partial charge is 0.416 e. The number of hydrogen-bond donors (Lipinski definition) is 1. The maximum Gasteiger partial charge on any atom is 0.416 e. The average Bonchev–Trinajstić information content (AvgIpc) is 3.12. The molecule has 2 amide bonds. The summed E-state index contributed by atoms with van der Waals surface area (Å²) in [5.74, 6) is -1.11. The van der Waals surface area contributed by atoms with E-state index in [4.69, 9.17) is 0 Å². The molecular weight excluding hydrogens is 503 g/mol. The standard InChI is InChI=1S/C27H28F3N3O5/c1-16-5-7-20-21(13-16)25(35)32(24(20)34)19-6-8-22(23(15-19)33(37)38)31-11-9-26(36,10-12-31)17-3-2-4-18(14-17)27(28,29)30/h2-4,6,8,14-16,20-21,36H,5,7,9-13H2,1H3/t16-,20+,21-/m1/s1. The Hall–Kier alpha value is -3.47. The zero-order valence-electron chi connectivity index (χ0n) is 20.8. The molecule has 5 rings (SSSR count). The number of benzene rings is 2. The number of hydrogen-bond acceptors (Lipinski definition) is 6. The van der Waals surface area contributed by atoms with Crippen LogP contribution in [0.1, 0.15) is 50.2 Å². The first-order valence-electron chi connectivity index (χ1n) is 12.7. The van der Waals surface area contributed by atoms with Gasteiger partial charge in [0.15, 0.2) is 0 Å². The van der Waals surface area contributed by atoms with Crippen molar-refractivity contribution in [2.45, 2.75) is 50.8 Å². The maximum atomic E-state index is 13.2. The highest BCUT2D eigenvalue weighted by molar-refractivity contribution is 6.22. The van der Waals surface area contributed by atoms with Crippen LogP contribution in [0.4, 0.5) is 30.2 Å². The lowest BCUT2D eigenvalue weighted by atomic mass is 9.76. The first kappa shape index (κ1) is 26.1. The lowest BCUT2D eigenvalue weighted by Gasteiger charge is -2.39. The number of nitro groups is 1. The Labute approximate surface area is 217 Å². The fourth-order valence-corrected chi connectivity index (χ4v) is 6.10. The summed E-state index contributed by atoms with van der Waals surface area (Å²) in [5.41, 5.74) is -2.06. The Balaban J connectivity index is 1.37. The van der Waals surface area contributed by atoms with Crippen LogP contribution >= 0.6 is 0 Å². The first-order chi connectivity index (χ1) is 17.9. The Kier molecular flexibility index (Phi) is 6.45. The fourth-order valence-electron chi connectivity index (χ4n) is 6.10. The number of nitrogens with zero attached hydrogens (tertiary/aromatic N) is 3. The third kappa shape index (κ3) is 4.53. The van der Waals surface area contributed by atoms with Gasteiger partial charge < -0.3 is 10.0 Å². The highest BCUT2D eigenvalue weighted by Gasteiger charge is 2.50. The molecule has 0 radical (unpaired) electrons. The molecule has 8 nitrogen and oxygen atoms in total. The molecule has 202 valence electrons. The first-order valence-corrected chi connectivity index (χ1v) is 12.7. The van der Waals surface area contributed by atoms with Crippen LogP contribution in [0.2, 0.25) is 0 Å². The summed E-state index contributed by atoms with van der Waals surface area (Å²) in [7, 11) is 0. The zero-order valence-corrected chi connectivity index (χ0v) is 20.8. The maximum absolute atomic E-state index is 13.2. The molecule has 11 heteroatoms. The average molecular weight is 532 g/mol. The second-order valence-electron chi connectivity index (χ2n) is 10.7. The minimum atomic E-state index is -4.54. The molecule has 3 aliphatic rings. The molecule has 2 aromatic rings. The number of anilines is 2. The number of imide groups is 1. The van der Waals surface area contributed by atoms with Gasteiger partial charge in [-0.15, -0.1) is 0 Å². The van der Waals surface area contributed by atoms with E-state index in [1.165, 1.54) is 30.3 Å². The highest BCUT2D eigenvalue weighted by atomic mass is 19.4. The van der Waals surface area contributed by atoms with Crippen molar-refractivity contribution in [2.75, 3.05) is 22.9 Å². The van der Waals surface area contributed by atoms with Crippen LogP contribution in [0.3, 0.4) is 0 Å². The minimum absolute atomic E-state index is 0.0673. The van der Waals surface area contributed by atoms with Gasteiger partial charge >= 0.3 is 6.18 Å². The van der Waals surface area contributed by atoms with Crippen molar-refractivity contribution in [2.24, 2.45) is 17.8 Å². The molecule has 1 N–H and O–H groups in total. The second kappa shape index (κ2) is 9.37. The van der Waals surface area contributed by atoms with E-state index in [1.54, 1.807) is 4.90 Å². The summed E-state index contributed by atoms with van der Waals surface area (Å²) in [6.07, 6.45) is -2.31. The lowest BCUT2D eigenvalue weighted by Crippen LogP contribution is -2.43. The van der Waals surface area contributed by atoms with Crippen LogP contribution in [0, 0.1) is 27.9 Å². The smallest absolute Gasteiger partial charge is 0.385 e. The highest BCUT2D eigenvalue weighted by Crippen LogP contribution is 2.44. The molecule has 0 bridgehead atoms. The molecule has 2 aromatic carbocycles. The number of rotatable bonds is 4. The minimum Gasteiger partial charge on any atom is -0.385 e. The van der Waals surface area contributed by atoms with Crippen LogP contribution in [-0.4, -0.2) is 34.9 Å². The van der Waals surface area contributed by atoms with Gasteiger partial charge in [-0.3, -0.25) is 19.7 Å². The van der Waals surface area contributed by atoms with Crippen molar-refractivity contribution < 1.29 is 32.8 Å². The number of aliphatic hydroxyl groups is 1. The van der Waals surface area contributed by atoms with Gasteiger partial charge in [-0.25, -0.2) is 4.90 Å². The number of fused-ring (bicyclic) bond motifs is 1. The van der Waals surface area contributed by atoms with Gasteiger partial charge in [0.2, 0.25) is 11.8 Å². The molecule has 0 spiro atoms. The van der Waals surface area contributed by atoms with Gasteiger partial charge in [0, 0.05) is 19.2 Å². The van der Waals surface area contributed by atoms with E-state index in [1.807, 2.05) is 6.92 Å². The van der Waals surface area contributed by atoms with Gasteiger partial charge in [-0.1, -0.05) is 19.1 Å². The van der Waals surface area contributed by atoms with Crippen molar-refractivity contribution in [1.29, 1.82) is 0 Å². The van der Waals surface area contributed by atoms with Crippen LogP contribution in [-0.2, 0) is 21.4 Å². The molecular formula is C27H28F3N3O5. The van der Waals surface area contributed by atoms with E-state index in [0.29, 0.717) is 18.8 Å². The quantitative estimate of drug-likeness (QED) is 0.337. The number of alkyl halides is 3. The predicted octanol–water partition coefficient (Wildman–Crippen LogP) is 5.03. The van der Waals surface area contributed by atoms with Crippen molar-refractivity contribution >= 4 is 28.9 Å². The molecule has 1 aliphatic carbocycles. The van der Waals surface area contributed by atoms with Crippen LogP contribution in [0.25, 0.3) is 0 Å². The van der Waals surface area contributed by atoms with E-state index in [9.17, 15) is 38.0 Å². The topological polar surface area (TPSA) is 104 Å². The normalized spacial score (nSPS) is 25.4. The lowest BCUT2D eigenvalue weighted by molar-refractivity contribution is -0.384. The molecule has 1 saturated carbocycles. The van der Waals surface area contributed by atoms with E-state index < -0.39 is 34.1 Å². The van der Waals surface area contributed by atoms with Crippen molar-refractivity contribution in [3.05, 3.63) is 63.7 Å².